The minimum atomic E-state index is 0.365. The van der Waals surface area contributed by atoms with Crippen LogP contribution in [-0.4, -0.2) is 18.1 Å². The van der Waals surface area contributed by atoms with Crippen molar-refractivity contribution in [1.29, 1.82) is 0 Å². The number of benzene rings is 1. The van der Waals surface area contributed by atoms with Crippen LogP contribution in [-0.2, 0) is 13.0 Å². The lowest BCUT2D eigenvalue weighted by Crippen LogP contribution is -2.19. The van der Waals surface area contributed by atoms with Crippen LogP contribution >= 0.6 is 0 Å². The van der Waals surface area contributed by atoms with Gasteiger partial charge in [-0.3, -0.25) is 0 Å². The van der Waals surface area contributed by atoms with Crippen molar-refractivity contribution in [3.63, 3.8) is 0 Å². The van der Waals surface area contributed by atoms with Crippen LogP contribution in [0.15, 0.2) is 41.0 Å². The number of hydrogen-bond acceptors (Lipinski definition) is 4. The van der Waals surface area contributed by atoms with Crippen molar-refractivity contribution in [2.24, 2.45) is 5.92 Å². The lowest BCUT2D eigenvalue weighted by molar-refractivity contribution is 0.227. The van der Waals surface area contributed by atoms with Gasteiger partial charge in [0, 0.05) is 6.54 Å². The lowest BCUT2D eigenvalue weighted by atomic mass is 10.1. The second-order valence-electron chi connectivity index (χ2n) is 5.57. The van der Waals surface area contributed by atoms with Crippen molar-refractivity contribution in [3.05, 3.63) is 47.9 Å². The smallest absolute Gasteiger partial charge is 0.393 e. The van der Waals surface area contributed by atoms with Crippen LogP contribution < -0.4 is 10.1 Å². The molecule has 0 atom stereocenters. The van der Waals surface area contributed by atoms with Gasteiger partial charge in [-0.05, 0) is 30.9 Å². The van der Waals surface area contributed by atoms with Gasteiger partial charge in [-0.15, -0.1) is 0 Å². The van der Waals surface area contributed by atoms with E-state index in [1.807, 2.05) is 6.07 Å². The standard InChI is InChI=1S/C17H24N2O2/c1-14(2)11-18-12-16-13-21-17(19-16)20-10-6-9-15-7-4-3-5-8-15/h3-5,7-8,13-14,18H,6,9-12H2,1-2H3. The van der Waals surface area contributed by atoms with Gasteiger partial charge in [-0.2, -0.15) is 4.98 Å². The van der Waals surface area contributed by atoms with Gasteiger partial charge in [0.25, 0.3) is 0 Å². The fourth-order valence-corrected chi connectivity index (χ4v) is 2.01. The van der Waals surface area contributed by atoms with Crippen LogP contribution in [0.1, 0.15) is 31.5 Å². The number of ether oxygens (including phenoxy) is 1. The van der Waals surface area contributed by atoms with Gasteiger partial charge in [0.15, 0.2) is 0 Å². The molecule has 0 saturated heterocycles. The molecule has 114 valence electrons. The van der Waals surface area contributed by atoms with E-state index in [9.17, 15) is 0 Å². The SMILES string of the molecule is CC(C)CNCc1coc(OCCCc2ccccc2)n1. The molecule has 21 heavy (non-hydrogen) atoms. The van der Waals surface area contributed by atoms with Crippen molar-refractivity contribution >= 4 is 0 Å². The summed E-state index contributed by atoms with van der Waals surface area (Å²) in [7, 11) is 0. The van der Waals surface area contributed by atoms with Crippen LogP contribution in [0.25, 0.3) is 0 Å². The molecule has 0 unspecified atom stereocenters. The highest BCUT2D eigenvalue weighted by atomic mass is 16.6. The predicted octanol–water partition coefficient (Wildman–Crippen LogP) is 3.43. The molecule has 0 aliphatic heterocycles. The maximum Gasteiger partial charge on any atom is 0.393 e. The Morgan fingerprint density at radius 1 is 1.24 bits per heavy atom. The van der Waals surface area contributed by atoms with Crippen molar-refractivity contribution in [3.8, 4) is 6.08 Å². The Balaban J connectivity index is 1.63. The van der Waals surface area contributed by atoms with E-state index in [-0.39, 0.29) is 0 Å². The van der Waals surface area contributed by atoms with Crippen LogP contribution in [0.3, 0.4) is 0 Å². The average Bonchev–Trinajstić information content (AvgIpc) is 2.92. The van der Waals surface area contributed by atoms with Crippen LogP contribution in [0.4, 0.5) is 0 Å². The first-order valence-corrected chi connectivity index (χ1v) is 7.56. The third-order valence-corrected chi connectivity index (χ3v) is 3.07. The van der Waals surface area contributed by atoms with Crippen molar-refractivity contribution in [1.82, 2.24) is 10.3 Å². The summed E-state index contributed by atoms with van der Waals surface area (Å²) >= 11 is 0. The minimum absolute atomic E-state index is 0.365. The maximum absolute atomic E-state index is 5.53. The summed E-state index contributed by atoms with van der Waals surface area (Å²) in [5.41, 5.74) is 2.21. The molecular weight excluding hydrogens is 264 g/mol. The van der Waals surface area contributed by atoms with E-state index in [0.717, 1.165) is 31.6 Å². The Labute approximate surface area is 126 Å². The molecule has 1 aromatic carbocycles. The topological polar surface area (TPSA) is 47.3 Å². The number of aromatic nitrogens is 1. The van der Waals surface area contributed by atoms with Gasteiger partial charge in [0.2, 0.25) is 0 Å². The average molecular weight is 288 g/mol. The zero-order chi connectivity index (χ0) is 14.9. The van der Waals surface area contributed by atoms with Crippen molar-refractivity contribution < 1.29 is 9.15 Å². The predicted molar refractivity (Wildman–Crippen MR) is 83.3 cm³/mol. The summed E-state index contributed by atoms with van der Waals surface area (Å²) in [6.07, 6.45) is 3.97. The van der Waals surface area contributed by atoms with Crippen LogP contribution in [0, 0.1) is 5.92 Å². The van der Waals surface area contributed by atoms with Crippen molar-refractivity contribution in [2.75, 3.05) is 13.2 Å². The Hall–Kier alpha value is -1.81. The molecule has 0 spiro atoms. The Bertz CT molecular complexity index is 509. The molecular formula is C17H24N2O2. The zero-order valence-electron chi connectivity index (χ0n) is 12.8. The quantitative estimate of drug-likeness (QED) is 0.718. The van der Waals surface area contributed by atoms with E-state index in [1.54, 1.807) is 6.26 Å². The molecule has 4 heteroatoms. The molecule has 0 bridgehead atoms. The second kappa shape index (κ2) is 8.47. The van der Waals surface area contributed by atoms with E-state index in [0.29, 0.717) is 18.6 Å². The summed E-state index contributed by atoms with van der Waals surface area (Å²) in [5.74, 6) is 0.630. The largest absolute Gasteiger partial charge is 0.450 e. The third kappa shape index (κ3) is 6.00. The van der Waals surface area contributed by atoms with Crippen LogP contribution in [0.2, 0.25) is 0 Å². The number of oxazole rings is 1. The fraction of sp³-hybridized carbons (Fsp3) is 0.471. The number of nitrogens with one attached hydrogen (secondary N) is 1. The molecule has 1 aromatic heterocycles. The molecule has 4 nitrogen and oxygen atoms in total. The fourth-order valence-electron chi connectivity index (χ4n) is 2.01. The molecule has 0 aliphatic carbocycles. The van der Waals surface area contributed by atoms with Crippen molar-refractivity contribution in [2.45, 2.75) is 33.2 Å². The van der Waals surface area contributed by atoms with Gasteiger partial charge in [-0.25, -0.2) is 0 Å². The highest BCUT2D eigenvalue weighted by molar-refractivity contribution is 5.14. The molecule has 0 fully saturated rings. The number of rotatable bonds is 9. The second-order valence-corrected chi connectivity index (χ2v) is 5.57. The summed E-state index contributed by atoms with van der Waals surface area (Å²) in [4.78, 5) is 4.30. The molecule has 2 aromatic rings. The number of hydrogen-bond donors (Lipinski definition) is 1. The first-order valence-electron chi connectivity index (χ1n) is 7.56. The highest BCUT2D eigenvalue weighted by Gasteiger charge is 2.05. The minimum Gasteiger partial charge on any atom is -0.450 e. The Morgan fingerprint density at radius 2 is 2.05 bits per heavy atom. The van der Waals surface area contributed by atoms with E-state index >= 15 is 0 Å². The molecule has 0 radical (unpaired) electrons. The summed E-state index contributed by atoms with van der Waals surface area (Å²) in [6.45, 7) is 6.66. The first-order chi connectivity index (χ1) is 10.2. The molecule has 0 aliphatic rings. The number of nitrogens with zero attached hydrogens (tertiary/aromatic N) is 1. The van der Waals surface area contributed by atoms with E-state index in [2.05, 4.69) is 48.4 Å². The summed E-state index contributed by atoms with van der Waals surface area (Å²) < 4.78 is 10.8. The maximum atomic E-state index is 5.53. The first kappa shape index (κ1) is 15.6. The lowest BCUT2D eigenvalue weighted by Gasteiger charge is -2.04. The molecule has 1 N–H and O–H groups in total. The number of aryl methyl sites for hydroxylation is 1. The zero-order valence-corrected chi connectivity index (χ0v) is 12.8. The molecule has 1 heterocycles. The summed E-state index contributed by atoms with van der Waals surface area (Å²) in [5, 5.41) is 3.33. The Kier molecular flexibility index (Phi) is 6.28. The molecule has 2 rings (SSSR count). The molecule has 0 amide bonds. The van der Waals surface area contributed by atoms with Gasteiger partial charge in [-0.1, -0.05) is 44.2 Å². The summed E-state index contributed by atoms with van der Waals surface area (Å²) in [6, 6.07) is 10.4. The Morgan fingerprint density at radius 3 is 2.81 bits per heavy atom. The van der Waals surface area contributed by atoms with E-state index < -0.39 is 0 Å². The van der Waals surface area contributed by atoms with Gasteiger partial charge in [0.1, 0.15) is 6.26 Å². The normalized spacial score (nSPS) is 11.0. The van der Waals surface area contributed by atoms with Gasteiger partial charge in [0.05, 0.1) is 12.3 Å². The monoisotopic (exact) mass is 288 g/mol. The molecule has 0 saturated carbocycles. The van der Waals surface area contributed by atoms with E-state index in [1.165, 1.54) is 5.56 Å². The van der Waals surface area contributed by atoms with Gasteiger partial charge < -0.3 is 14.5 Å². The third-order valence-electron chi connectivity index (χ3n) is 3.07. The van der Waals surface area contributed by atoms with Gasteiger partial charge >= 0.3 is 6.08 Å². The highest BCUT2D eigenvalue weighted by Crippen LogP contribution is 2.11. The van der Waals surface area contributed by atoms with Crippen LogP contribution in [0.5, 0.6) is 6.08 Å². The van der Waals surface area contributed by atoms with E-state index in [4.69, 9.17) is 9.15 Å².